The fraction of sp³-hybridized carbons (Fsp3) is 0.897. The van der Waals surface area contributed by atoms with Crippen molar-refractivity contribution in [2.45, 2.75) is 225 Å². The molecule has 0 aromatic rings. The third-order valence-electron chi connectivity index (χ3n) is 9.25. The first-order chi connectivity index (χ1) is 22.3. The molecule has 0 aliphatic heterocycles. The van der Waals surface area contributed by atoms with Gasteiger partial charge < -0.3 is 10.2 Å². The number of carboxylic acids is 2. The normalized spacial score (nSPS) is 11.9. The average Bonchev–Trinajstić information content (AvgIpc) is 3.02. The molecule has 0 radical (unpaired) electrons. The van der Waals surface area contributed by atoms with Gasteiger partial charge in [-0.1, -0.05) is 181 Å². The molecule has 0 aromatic carbocycles. The van der Waals surface area contributed by atoms with Gasteiger partial charge in [0.05, 0.1) is 0 Å². The smallest absolute Gasteiger partial charge is 0.326 e. The van der Waals surface area contributed by atoms with Gasteiger partial charge in [-0.3, -0.25) is 19.3 Å². The minimum atomic E-state index is -1.42. The monoisotopic (exact) mass is 652 g/mol. The maximum Gasteiger partial charge on any atom is 0.326 e. The lowest BCUT2D eigenvalue weighted by Gasteiger charge is -2.27. The molecule has 46 heavy (non-hydrogen) atoms. The van der Waals surface area contributed by atoms with Crippen molar-refractivity contribution in [1.29, 1.82) is 0 Å². The summed E-state index contributed by atoms with van der Waals surface area (Å²) in [5.41, 5.74) is 0. The molecule has 270 valence electrons. The molecule has 7 heteroatoms. The molecule has 7 nitrogen and oxygen atoms in total. The van der Waals surface area contributed by atoms with E-state index in [1.54, 1.807) is 0 Å². The largest absolute Gasteiger partial charge is 0.481 e. The van der Waals surface area contributed by atoms with Crippen molar-refractivity contribution in [2.75, 3.05) is 0 Å². The minimum absolute atomic E-state index is 0.124. The minimum Gasteiger partial charge on any atom is -0.481 e. The number of carbonyl (C=O) groups is 4. The lowest BCUT2D eigenvalue weighted by Crippen LogP contribution is -2.48. The van der Waals surface area contributed by atoms with Crippen molar-refractivity contribution in [3.8, 4) is 0 Å². The fourth-order valence-corrected chi connectivity index (χ4v) is 6.29. The third kappa shape index (κ3) is 27.2. The predicted molar refractivity (Wildman–Crippen MR) is 190 cm³/mol. The molecule has 1 atom stereocenters. The van der Waals surface area contributed by atoms with Crippen molar-refractivity contribution >= 4 is 23.8 Å². The summed E-state index contributed by atoms with van der Waals surface area (Å²) < 4.78 is 0. The summed E-state index contributed by atoms with van der Waals surface area (Å²) in [6.45, 7) is 4.49. The zero-order valence-electron chi connectivity index (χ0n) is 30.2. The molecule has 0 heterocycles. The Balaban J connectivity index is 4.34. The first-order valence-corrected chi connectivity index (χ1v) is 19.6. The molecule has 0 fully saturated rings. The highest BCUT2D eigenvalue weighted by molar-refractivity contribution is 5.99. The number of rotatable bonds is 35. The SMILES string of the molecule is CCCCCCCCCCCCCCCCCC(=O)N(C(=O)CCCCCCCCCCCCCCC)[C@@H](CCC(=O)O)C(=O)O. The first-order valence-electron chi connectivity index (χ1n) is 19.6. The molecule has 0 rings (SSSR count). The Morgan fingerprint density at radius 1 is 0.413 bits per heavy atom. The van der Waals surface area contributed by atoms with E-state index in [0.717, 1.165) is 43.4 Å². The van der Waals surface area contributed by atoms with Gasteiger partial charge in [0.2, 0.25) is 11.8 Å². The lowest BCUT2D eigenvalue weighted by molar-refractivity contribution is -0.159. The zero-order chi connectivity index (χ0) is 34.1. The summed E-state index contributed by atoms with van der Waals surface area (Å²) in [7, 11) is 0. The van der Waals surface area contributed by atoms with Gasteiger partial charge in [0, 0.05) is 19.3 Å². The van der Waals surface area contributed by atoms with Crippen LogP contribution >= 0.6 is 0 Å². The van der Waals surface area contributed by atoms with Crippen LogP contribution < -0.4 is 0 Å². The van der Waals surface area contributed by atoms with Crippen molar-refractivity contribution in [1.82, 2.24) is 4.90 Å². The van der Waals surface area contributed by atoms with Crippen LogP contribution in [-0.2, 0) is 19.2 Å². The van der Waals surface area contributed by atoms with Gasteiger partial charge in [0.1, 0.15) is 6.04 Å². The van der Waals surface area contributed by atoms with Crippen LogP contribution in [0.3, 0.4) is 0 Å². The van der Waals surface area contributed by atoms with Crippen LogP contribution in [0.4, 0.5) is 0 Å². The first kappa shape index (κ1) is 44.1. The van der Waals surface area contributed by atoms with Gasteiger partial charge in [0.25, 0.3) is 0 Å². The lowest BCUT2D eigenvalue weighted by atomic mass is 10.0. The van der Waals surface area contributed by atoms with Crippen LogP contribution in [0, 0.1) is 0 Å². The molecule has 0 unspecified atom stereocenters. The van der Waals surface area contributed by atoms with Gasteiger partial charge in [-0.15, -0.1) is 0 Å². The predicted octanol–water partition coefficient (Wildman–Crippen LogP) is 11.4. The van der Waals surface area contributed by atoms with Crippen molar-refractivity contribution in [3.63, 3.8) is 0 Å². The molecular weight excluding hydrogens is 578 g/mol. The van der Waals surface area contributed by atoms with Gasteiger partial charge in [-0.25, -0.2) is 4.79 Å². The number of hydrogen-bond acceptors (Lipinski definition) is 4. The van der Waals surface area contributed by atoms with Crippen molar-refractivity contribution < 1.29 is 29.4 Å². The Kier molecular flexibility index (Phi) is 31.6. The van der Waals surface area contributed by atoms with Crippen molar-refractivity contribution in [3.05, 3.63) is 0 Å². The van der Waals surface area contributed by atoms with Gasteiger partial charge >= 0.3 is 11.9 Å². The molecule has 0 aromatic heterocycles. The Labute approximate surface area is 283 Å². The molecule has 2 amide bonds. The molecular formula is C39H73NO6. The summed E-state index contributed by atoms with van der Waals surface area (Å²) in [5, 5.41) is 18.9. The third-order valence-corrected chi connectivity index (χ3v) is 9.25. The van der Waals surface area contributed by atoms with Crippen molar-refractivity contribution in [2.24, 2.45) is 0 Å². The van der Waals surface area contributed by atoms with E-state index in [4.69, 9.17) is 5.11 Å². The van der Waals surface area contributed by atoms with E-state index in [2.05, 4.69) is 13.8 Å². The van der Waals surface area contributed by atoms with Gasteiger partial charge in [0.15, 0.2) is 0 Å². The summed E-state index contributed by atoms with van der Waals surface area (Å²) in [4.78, 5) is 50.3. The number of imide groups is 1. The molecule has 0 bridgehead atoms. The standard InChI is InChI=1S/C39H73NO6/c1-3-5-7-9-11-13-15-17-18-20-22-24-26-28-30-32-37(42)40(35(39(45)46)33-34-38(43)44)36(41)31-29-27-25-23-21-19-16-14-12-10-8-6-4-2/h35H,3-34H2,1-2H3,(H,43,44)(H,45,46)/t35-/m0/s1. The highest BCUT2D eigenvalue weighted by Crippen LogP contribution is 2.18. The number of aliphatic carboxylic acids is 2. The Hall–Kier alpha value is -1.92. The van der Waals surface area contributed by atoms with E-state index in [0.29, 0.717) is 12.8 Å². The topological polar surface area (TPSA) is 112 Å². The quantitative estimate of drug-likeness (QED) is 0.0659. The van der Waals surface area contributed by atoms with E-state index < -0.39 is 36.2 Å². The van der Waals surface area contributed by atoms with Gasteiger partial charge in [-0.2, -0.15) is 0 Å². The molecule has 0 spiro atoms. The van der Waals surface area contributed by atoms with E-state index in [1.165, 1.54) is 128 Å². The van der Waals surface area contributed by atoms with E-state index >= 15 is 0 Å². The maximum absolute atomic E-state index is 13.1. The highest BCUT2D eigenvalue weighted by atomic mass is 16.4. The molecule has 0 saturated carbocycles. The Morgan fingerprint density at radius 3 is 0.913 bits per heavy atom. The second kappa shape index (κ2) is 33.0. The number of amides is 2. The maximum atomic E-state index is 13.1. The van der Waals surface area contributed by atoms with Gasteiger partial charge in [-0.05, 0) is 19.3 Å². The second-order valence-electron chi connectivity index (χ2n) is 13.6. The van der Waals surface area contributed by atoms with Crippen LogP contribution in [-0.4, -0.2) is 44.9 Å². The summed E-state index contributed by atoms with van der Waals surface area (Å²) >= 11 is 0. The summed E-state index contributed by atoms with van der Waals surface area (Å²) in [6, 6.07) is -1.42. The number of carboxylic acid groups (broad SMARTS) is 2. The summed E-state index contributed by atoms with van der Waals surface area (Å²) in [6.07, 6.45) is 33.1. The Morgan fingerprint density at radius 2 is 0.674 bits per heavy atom. The molecule has 0 saturated heterocycles. The highest BCUT2D eigenvalue weighted by Gasteiger charge is 2.34. The Bertz CT molecular complexity index is 755. The van der Waals surface area contributed by atoms with Crippen LogP contribution in [0.1, 0.15) is 219 Å². The fourth-order valence-electron chi connectivity index (χ4n) is 6.29. The number of nitrogens with zero attached hydrogens (tertiary/aromatic N) is 1. The zero-order valence-corrected chi connectivity index (χ0v) is 30.2. The molecule has 2 N–H and O–H groups in total. The molecule has 0 aliphatic carbocycles. The second-order valence-corrected chi connectivity index (χ2v) is 13.6. The van der Waals surface area contributed by atoms with Crippen LogP contribution in [0.25, 0.3) is 0 Å². The number of unbranched alkanes of at least 4 members (excludes halogenated alkanes) is 26. The number of hydrogen-bond donors (Lipinski definition) is 2. The van der Waals surface area contributed by atoms with E-state index in [9.17, 15) is 24.3 Å². The summed E-state index contributed by atoms with van der Waals surface area (Å²) in [5.74, 6) is -3.41. The van der Waals surface area contributed by atoms with E-state index in [1.807, 2.05) is 0 Å². The van der Waals surface area contributed by atoms with Crippen LogP contribution in [0.5, 0.6) is 0 Å². The van der Waals surface area contributed by atoms with Crippen LogP contribution in [0.2, 0.25) is 0 Å². The average molecular weight is 652 g/mol. The number of carbonyl (C=O) groups excluding carboxylic acids is 2. The van der Waals surface area contributed by atoms with Crippen LogP contribution in [0.15, 0.2) is 0 Å². The molecule has 0 aliphatic rings. The van der Waals surface area contributed by atoms with E-state index in [-0.39, 0.29) is 19.3 Å².